The van der Waals surface area contributed by atoms with Crippen molar-refractivity contribution in [3.8, 4) is 0 Å². The summed E-state index contributed by atoms with van der Waals surface area (Å²) in [6.45, 7) is 4.26. The van der Waals surface area contributed by atoms with E-state index in [4.69, 9.17) is 0 Å². The molecule has 1 fully saturated rings. The summed E-state index contributed by atoms with van der Waals surface area (Å²) in [6, 6.07) is 13.9. The quantitative estimate of drug-likeness (QED) is 0.599. The first-order chi connectivity index (χ1) is 15.8. The van der Waals surface area contributed by atoms with E-state index >= 15 is 0 Å². The minimum Gasteiger partial charge on any atom is -0.338 e. The Hall–Kier alpha value is -2.97. The molecule has 0 aliphatic carbocycles. The van der Waals surface area contributed by atoms with Gasteiger partial charge in [0.25, 0.3) is 5.91 Å². The molecule has 1 amide bonds. The van der Waals surface area contributed by atoms with Crippen molar-refractivity contribution in [2.24, 2.45) is 7.05 Å². The zero-order chi connectivity index (χ0) is 23.6. The highest BCUT2D eigenvalue weighted by Gasteiger charge is 2.32. The summed E-state index contributed by atoms with van der Waals surface area (Å²) < 4.78 is 30.1. The normalized spacial score (nSPS) is 18.1. The van der Waals surface area contributed by atoms with E-state index in [2.05, 4.69) is 10.3 Å². The second-order valence-corrected chi connectivity index (χ2v) is 10.5. The van der Waals surface area contributed by atoms with Crippen LogP contribution in [-0.4, -0.2) is 40.8 Å². The average molecular weight is 467 g/mol. The van der Waals surface area contributed by atoms with Crippen molar-refractivity contribution in [3.63, 3.8) is 0 Å². The number of nitrogens with zero attached hydrogens (tertiary/aromatic N) is 3. The highest BCUT2D eigenvalue weighted by molar-refractivity contribution is 7.89. The third-order valence-electron chi connectivity index (χ3n) is 6.33. The molecule has 0 spiro atoms. The van der Waals surface area contributed by atoms with Gasteiger partial charge in [-0.3, -0.25) is 4.79 Å². The van der Waals surface area contributed by atoms with E-state index in [0.717, 1.165) is 24.8 Å². The smallest absolute Gasteiger partial charge is 0.252 e. The van der Waals surface area contributed by atoms with Gasteiger partial charge in [0.05, 0.1) is 4.90 Å². The van der Waals surface area contributed by atoms with Crippen molar-refractivity contribution in [1.29, 1.82) is 0 Å². The van der Waals surface area contributed by atoms with E-state index in [9.17, 15) is 13.2 Å². The van der Waals surface area contributed by atoms with Crippen LogP contribution in [0.3, 0.4) is 0 Å². The maximum absolute atomic E-state index is 13.4. The van der Waals surface area contributed by atoms with Crippen LogP contribution in [-0.2, 0) is 17.1 Å². The minimum atomic E-state index is -3.68. The molecule has 2 unspecified atom stereocenters. The molecule has 7 nitrogen and oxygen atoms in total. The van der Waals surface area contributed by atoms with Gasteiger partial charge < -0.3 is 9.88 Å². The average Bonchev–Trinajstić information content (AvgIpc) is 3.23. The lowest BCUT2D eigenvalue weighted by molar-refractivity contribution is 0.0940. The van der Waals surface area contributed by atoms with E-state index < -0.39 is 16.1 Å². The number of benzene rings is 2. The number of hydrogen-bond acceptors (Lipinski definition) is 4. The van der Waals surface area contributed by atoms with Crippen LogP contribution >= 0.6 is 0 Å². The van der Waals surface area contributed by atoms with Crippen LogP contribution in [0.25, 0.3) is 0 Å². The van der Waals surface area contributed by atoms with Crippen LogP contribution in [0, 0.1) is 6.92 Å². The largest absolute Gasteiger partial charge is 0.338 e. The fraction of sp³-hybridized carbons (Fsp3) is 0.360. The number of carbonyl (C=O) groups excluding carboxylic acids is 1. The zero-order valence-electron chi connectivity index (χ0n) is 19.2. The van der Waals surface area contributed by atoms with Gasteiger partial charge in [0, 0.05) is 37.6 Å². The Kier molecular flexibility index (Phi) is 6.67. The Morgan fingerprint density at radius 1 is 1.15 bits per heavy atom. The van der Waals surface area contributed by atoms with E-state index in [1.54, 1.807) is 22.6 Å². The number of rotatable bonds is 6. The van der Waals surface area contributed by atoms with Crippen molar-refractivity contribution in [3.05, 3.63) is 83.4 Å². The van der Waals surface area contributed by atoms with E-state index in [1.807, 2.05) is 62.0 Å². The van der Waals surface area contributed by atoms with Crippen molar-refractivity contribution in [1.82, 2.24) is 19.2 Å². The van der Waals surface area contributed by atoms with Crippen molar-refractivity contribution in [2.45, 2.75) is 50.1 Å². The molecule has 1 aliphatic heterocycles. The molecule has 0 radical (unpaired) electrons. The first-order valence-electron chi connectivity index (χ1n) is 11.2. The number of nitrogens with one attached hydrogen (secondary N) is 1. The summed E-state index contributed by atoms with van der Waals surface area (Å²) in [5, 5.41) is 3.07. The number of imidazole rings is 1. The van der Waals surface area contributed by atoms with Crippen LogP contribution < -0.4 is 5.32 Å². The van der Waals surface area contributed by atoms with Gasteiger partial charge in [-0.1, -0.05) is 42.8 Å². The van der Waals surface area contributed by atoms with Gasteiger partial charge in [-0.2, -0.15) is 4.31 Å². The van der Waals surface area contributed by atoms with Gasteiger partial charge in [0.2, 0.25) is 10.0 Å². The summed E-state index contributed by atoms with van der Waals surface area (Å²) in [6.07, 6.45) is 6.25. The molecule has 3 aromatic rings. The van der Waals surface area contributed by atoms with Crippen molar-refractivity contribution >= 4 is 15.9 Å². The summed E-state index contributed by atoms with van der Waals surface area (Å²) in [4.78, 5) is 18.0. The van der Waals surface area contributed by atoms with E-state index in [0.29, 0.717) is 23.5 Å². The standard InChI is InChI=1S/C25H30N4O3S/c1-18-12-13-21(33(31,32)29-15-8-7-9-19(29)2)17-22(18)25(30)27-23(20-10-5-4-6-11-20)24-26-14-16-28(24)3/h4-6,10-14,16-17,19,23H,7-9,15H2,1-3H3,(H,27,30). The SMILES string of the molecule is Cc1ccc(S(=O)(=O)N2CCCCC2C)cc1C(=O)NC(c1ccccc1)c1nccn1C. The second kappa shape index (κ2) is 9.49. The zero-order valence-corrected chi connectivity index (χ0v) is 20.0. The summed E-state index contributed by atoms with van der Waals surface area (Å²) >= 11 is 0. The lowest BCUT2D eigenvalue weighted by Crippen LogP contribution is -2.42. The minimum absolute atomic E-state index is 0.0480. The van der Waals surface area contributed by atoms with Crippen LogP contribution in [0.2, 0.25) is 0 Å². The van der Waals surface area contributed by atoms with Crippen molar-refractivity contribution < 1.29 is 13.2 Å². The number of sulfonamides is 1. The van der Waals surface area contributed by atoms with Gasteiger partial charge in [-0.15, -0.1) is 0 Å². The third-order valence-corrected chi connectivity index (χ3v) is 8.34. The molecular formula is C25H30N4O3S. The molecule has 2 aromatic carbocycles. The maximum Gasteiger partial charge on any atom is 0.252 e. The number of aromatic nitrogens is 2. The molecule has 2 heterocycles. The van der Waals surface area contributed by atoms with Gasteiger partial charge in [0.1, 0.15) is 11.9 Å². The Morgan fingerprint density at radius 3 is 2.58 bits per heavy atom. The Bertz CT molecular complexity index is 1240. The summed E-state index contributed by atoms with van der Waals surface area (Å²) in [7, 11) is -1.80. The number of amides is 1. The van der Waals surface area contributed by atoms with Gasteiger partial charge in [0.15, 0.2) is 0 Å². The third kappa shape index (κ3) is 4.72. The maximum atomic E-state index is 13.4. The summed E-state index contributed by atoms with van der Waals surface area (Å²) in [5.41, 5.74) is 1.95. The van der Waals surface area contributed by atoms with Gasteiger partial charge >= 0.3 is 0 Å². The Labute approximate surface area is 195 Å². The second-order valence-electron chi connectivity index (χ2n) is 8.65. The highest BCUT2D eigenvalue weighted by atomic mass is 32.2. The molecule has 174 valence electrons. The molecule has 2 atom stereocenters. The molecule has 0 saturated carbocycles. The van der Waals surface area contributed by atoms with Crippen LogP contribution in [0.15, 0.2) is 65.8 Å². The summed E-state index contributed by atoms with van der Waals surface area (Å²) in [5.74, 6) is 0.353. The molecule has 0 bridgehead atoms. The van der Waals surface area contributed by atoms with E-state index in [1.165, 1.54) is 6.07 Å². The topological polar surface area (TPSA) is 84.3 Å². The Balaban J connectivity index is 1.67. The van der Waals surface area contributed by atoms with Gasteiger partial charge in [-0.25, -0.2) is 13.4 Å². The Morgan fingerprint density at radius 2 is 1.91 bits per heavy atom. The van der Waals surface area contributed by atoms with Gasteiger partial charge in [-0.05, 0) is 49.9 Å². The van der Waals surface area contributed by atoms with Crippen molar-refractivity contribution in [2.75, 3.05) is 6.54 Å². The fourth-order valence-corrected chi connectivity index (χ4v) is 6.10. The predicted molar refractivity (Wildman–Crippen MR) is 127 cm³/mol. The number of carbonyl (C=O) groups is 1. The molecule has 1 aromatic heterocycles. The lowest BCUT2D eigenvalue weighted by Gasteiger charge is -2.32. The lowest BCUT2D eigenvalue weighted by atomic mass is 10.0. The fourth-order valence-electron chi connectivity index (χ4n) is 4.38. The molecule has 8 heteroatoms. The first kappa shape index (κ1) is 23.2. The predicted octanol–water partition coefficient (Wildman–Crippen LogP) is 3.81. The number of hydrogen-bond donors (Lipinski definition) is 1. The van der Waals surface area contributed by atoms with Crippen LogP contribution in [0.1, 0.15) is 59.5 Å². The monoisotopic (exact) mass is 466 g/mol. The first-order valence-corrected chi connectivity index (χ1v) is 12.7. The molecule has 33 heavy (non-hydrogen) atoms. The molecule has 4 rings (SSSR count). The molecule has 1 N–H and O–H groups in total. The highest BCUT2D eigenvalue weighted by Crippen LogP contribution is 2.27. The van der Waals surface area contributed by atoms with Crippen LogP contribution in [0.4, 0.5) is 0 Å². The van der Waals surface area contributed by atoms with Crippen LogP contribution in [0.5, 0.6) is 0 Å². The number of piperidine rings is 1. The molecule has 1 saturated heterocycles. The number of aryl methyl sites for hydroxylation is 2. The molecule has 1 aliphatic rings. The molecular weight excluding hydrogens is 436 g/mol. The van der Waals surface area contributed by atoms with E-state index in [-0.39, 0.29) is 16.8 Å².